The Bertz CT molecular complexity index is 1310. The van der Waals surface area contributed by atoms with Crippen molar-refractivity contribution >= 4 is 11.8 Å². The van der Waals surface area contributed by atoms with Crippen molar-refractivity contribution in [2.45, 2.75) is 43.3 Å². The predicted octanol–water partition coefficient (Wildman–Crippen LogP) is 2.60. The lowest BCUT2D eigenvalue weighted by Crippen LogP contribution is -2.57. The molecule has 4 rings (SSSR count). The van der Waals surface area contributed by atoms with Crippen molar-refractivity contribution in [3.8, 4) is 17.2 Å². The molecule has 0 saturated heterocycles. The van der Waals surface area contributed by atoms with E-state index in [0.29, 0.717) is 5.56 Å². The first-order valence-electron chi connectivity index (χ1n) is 11.7. The first-order chi connectivity index (χ1) is 18.5. The summed E-state index contributed by atoms with van der Waals surface area (Å²) in [5, 5.41) is 25.5. The summed E-state index contributed by atoms with van der Waals surface area (Å²) in [4.78, 5) is 33.4. The fourth-order valence-corrected chi connectivity index (χ4v) is 4.22. The average Bonchev–Trinajstić information content (AvgIpc) is 3.21. The van der Waals surface area contributed by atoms with Crippen molar-refractivity contribution in [3.63, 3.8) is 0 Å². The molecule has 0 bridgehead atoms. The van der Waals surface area contributed by atoms with Crippen LogP contribution in [-0.2, 0) is 17.5 Å². The van der Waals surface area contributed by atoms with Crippen LogP contribution in [0.25, 0.3) is 0 Å². The van der Waals surface area contributed by atoms with E-state index in [2.05, 4.69) is 20.6 Å². The molecular formula is C26H25F3N4O6. The lowest BCUT2D eigenvalue weighted by Gasteiger charge is -2.29. The fraction of sp³-hybridized carbons (Fsp3) is 0.308. The van der Waals surface area contributed by atoms with Crippen LogP contribution in [0.4, 0.5) is 13.2 Å². The molecule has 0 radical (unpaired) electrons. The number of methoxy groups -OCH3 is 1. The van der Waals surface area contributed by atoms with Gasteiger partial charge in [-0.1, -0.05) is 12.1 Å². The van der Waals surface area contributed by atoms with Gasteiger partial charge in [0.15, 0.2) is 0 Å². The maximum atomic E-state index is 13.5. The second-order valence-electron chi connectivity index (χ2n) is 8.99. The summed E-state index contributed by atoms with van der Waals surface area (Å²) in [6, 6.07) is 9.36. The number of ether oxygens (including phenoxy) is 2. The summed E-state index contributed by atoms with van der Waals surface area (Å²) >= 11 is 0. The highest BCUT2D eigenvalue weighted by atomic mass is 19.4. The summed E-state index contributed by atoms with van der Waals surface area (Å²) in [6.07, 6.45) is -3.76. The largest absolute Gasteiger partial charge is 0.497 e. The van der Waals surface area contributed by atoms with Crippen molar-refractivity contribution in [1.82, 2.24) is 20.6 Å². The third-order valence-corrected chi connectivity index (χ3v) is 6.27. The molecular weight excluding hydrogens is 521 g/mol. The first kappa shape index (κ1) is 27.8. The SMILES string of the molecule is COc1ccc(Oc2ccc(CNC(=O)C3(NC(=O)c4cncnc4)C[C@H](O)[C@@H](O)C3)cc2)c(C(F)(F)F)c1. The molecule has 2 aromatic carbocycles. The minimum absolute atomic E-state index is 0.00624. The number of carbonyl (C=O) groups is 2. The van der Waals surface area contributed by atoms with Gasteiger partial charge in [-0.05, 0) is 35.9 Å². The van der Waals surface area contributed by atoms with E-state index in [0.717, 1.165) is 12.1 Å². The second-order valence-corrected chi connectivity index (χ2v) is 8.99. The predicted molar refractivity (Wildman–Crippen MR) is 130 cm³/mol. The Balaban J connectivity index is 1.44. The smallest absolute Gasteiger partial charge is 0.420 e. The standard InChI is InChI=1S/C26H25F3N4O6/c1-38-18-6-7-22(19(8-18)26(27,28)29)39-17-4-2-15(3-5-17)11-32-24(37)25(9-20(34)21(35)10-25)33-23(36)16-12-30-14-31-13-16/h2-8,12-14,20-21,34-35H,9-11H2,1H3,(H,32,37)(H,33,36)/t20-,21-/m0/s1. The van der Waals surface area contributed by atoms with Crippen molar-refractivity contribution in [2.75, 3.05) is 7.11 Å². The molecule has 3 aromatic rings. The van der Waals surface area contributed by atoms with Crippen LogP contribution in [0.2, 0.25) is 0 Å². The van der Waals surface area contributed by atoms with Gasteiger partial charge in [-0.15, -0.1) is 0 Å². The van der Waals surface area contributed by atoms with E-state index >= 15 is 0 Å². The first-order valence-corrected chi connectivity index (χ1v) is 11.7. The van der Waals surface area contributed by atoms with Gasteiger partial charge in [0.05, 0.1) is 24.9 Å². The van der Waals surface area contributed by atoms with Gasteiger partial charge in [0.2, 0.25) is 5.91 Å². The van der Waals surface area contributed by atoms with Crippen LogP contribution in [0.5, 0.6) is 17.2 Å². The van der Waals surface area contributed by atoms with Gasteiger partial charge in [0.1, 0.15) is 34.7 Å². The Morgan fingerprint density at radius 2 is 1.64 bits per heavy atom. The van der Waals surface area contributed by atoms with Crippen molar-refractivity contribution in [2.24, 2.45) is 0 Å². The zero-order valence-corrected chi connectivity index (χ0v) is 20.6. The summed E-state index contributed by atoms with van der Waals surface area (Å²) in [6.45, 7) is -0.00624. The molecule has 1 aliphatic rings. The van der Waals surface area contributed by atoms with Gasteiger partial charge >= 0.3 is 6.18 Å². The van der Waals surface area contributed by atoms with Crippen LogP contribution in [0, 0.1) is 0 Å². The molecule has 2 atom stereocenters. The number of aliphatic hydroxyl groups excluding tert-OH is 2. The average molecular weight is 547 g/mol. The number of amides is 2. The number of nitrogens with one attached hydrogen (secondary N) is 2. The quantitative estimate of drug-likeness (QED) is 0.338. The third-order valence-electron chi connectivity index (χ3n) is 6.27. The Kier molecular flexibility index (Phi) is 8.02. The zero-order chi connectivity index (χ0) is 28.2. The molecule has 4 N–H and O–H groups in total. The van der Waals surface area contributed by atoms with Gasteiger partial charge in [0.25, 0.3) is 5.91 Å². The molecule has 2 amide bonds. The molecule has 10 nitrogen and oxygen atoms in total. The molecule has 1 aromatic heterocycles. The van der Waals surface area contributed by atoms with Crippen LogP contribution < -0.4 is 20.1 Å². The Morgan fingerprint density at radius 1 is 1.03 bits per heavy atom. The van der Waals surface area contributed by atoms with E-state index < -0.39 is 47.1 Å². The van der Waals surface area contributed by atoms with Gasteiger partial charge in [0, 0.05) is 31.8 Å². The number of aliphatic hydroxyl groups is 2. The normalized spacial score (nSPS) is 18.3. The lowest BCUT2D eigenvalue weighted by molar-refractivity contribution is -0.138. The topological polar surface area (TPSA) is 143 Å². The number of hydrogen-bond acceptors (Lipinski definition) is 8. The molecule has 0 unspecified atom stereocenters. The van der Waals surface area contributed by atoms with Gasteiger partial charge in [-0.3, -0.25) is 9.59 Å². The van der Waals surface area contributed by atoms with E-state index in [1.54, 1.807) is 12.1 Å². The molecule has 1 aliphatic carbocycles. The molecule has 39 heavy (non-hydrogen) atoms. The zero-order valence-electron chi connectivity index (χ0n) is 20.6. The van der Waals surface area contributed by atoms with Gasteiger partial charge in [-0.2, -0.15) is 13.2 Å². The molecule has 13 heteroatoms. The van der Waals surface area contributed by atoms with Crippen molar-refractivity contribution in [1.29, 1.82) is 0 Å². The Labute approximate surface area is 220 Å². The van der Waals surface area contributed by atoms with E-state index in [1.165, 1.54) is 44.0 Å². The third kappa shape index (κ3) is 6.44. The van der Waals surface area contributed by atoms with Crippen LogP contribution in [0.1, 0.15) is 34.3 Å². The molecule has 206 valence electrons. The van der Waals surface area contributed by atoms with Crippen molar-refractivity contribution < 1.29 is 42.4 Å². The number of aromatic nitrogens is 2. The van der Waals surface area contributed by atoms with Gasteiger partial charge < -0.3 is 30.3 Å². The number of benzene rings is 2. The molecule has 1 fully saturated rings. The van der Waals surface area contributed by atoms with E-state index in [1.807, 2.05) is 0 Å². The minimum Gasteiger partial charge on any atom is -0.497 e. The highest BCUT2D eigenvalue weighted by Gasteiger charge is 2.50. The highest BCUT2D eigenvalue weighted by Crippen LogP contribution is 2.40. The Hall–Kier alpha value is -4.23. The van der Waals surface area contributed by atoms with Crippen LogP contribution in [0.3, 0.4) is 0 Å². The van der Waals surface area contributed by atoms with Gasteiger partial charge in [-0.25, -0.2) is 9.97 Å². The Morgan fingerprint density at radius 3 is 2.23 bits per heavy atom. The van der Waals surface area contributed by atoms with Crippen LogP contribution >= 0.6 is 0 Å². The maximum absolute atomic E-state index is 13.5. The molecule has 0 aliphatic heterocycles. The summed E-state index contributed by atoms with van der Waals surface area (Å²) in [7, 11) is 1.26. The highest BCUT2D eigenvalue weighted by molar-refractivity contribution is 5.99. The summed E-state index contributed by atoms with van der Waals surface area (Å²) < 4.78 is 50.7. The maximum Gasteiger partial charge on any atom is 0.420 e. The van der Waals surface area contributed by atoms with E-state index in [4.69, 9.17) is 9.47 Å². The number of rotatable bonds is 8. The van der Waals surface area contributed by atoms with E-state index in [-0.39, 0.29) is 36.4 Å². The lowest BCUT2D eigenvalue weighted by atomic mass is 9.95. The second kappa shape index (κ2) is 11.3. The number of carbonyl (C=O) groups excluding carboxylic acids is 2. The summed E-state index contributed by atoms with van der Waals surface area (Å²) in [5.74, 6) is -1.50. The summed E-state index contributed by atoms with van der Waals surface area (Å²) in [5.41, 5.74) is -1.90. The number of alkyl halides is 3. The van der Waals surface area contributed by atoms with E-state index in [9.17, 15) is 33.0 Å². The fourth-order valence-electron chi connectivity index (χ4n) is 4.22. The van der Waals surface area contributed by atoms with Crippen LogP contribution in [-0.4, -0.2) is 56.9 Å². The molecule has 1 saturated carbocycles. The van der Waals surface area contributed by atoms with Crippen molar-refractivity contribution in [3.05, 3.63) is 77.9 Å². The number of hydrogen-bond donors (Lipinski definition) is 4. The molecule has 0 spiro atoms. The monoisotopic (exact) mass is 546 g/mol. The number of halogens is 3. The van der Waals surface area contributed by atoms with Crippen LogP contribution in [0.15, 0.2) is 61.2 Å². The minimum atomic E-state index is -4.66. The number of nitrogens with zero attached hydrogens (tertiary/aromatic N) is 2. The molecule has 1 heterocycles.